The summed E-state index contributed by atoms with van der Waals surface area (Å²) >= 11 is 0. The molecule has 3 fully saturated rings. The molecule has 104 valence electrons. The van der Waals surface area contributed by atoms with Crippen molar-refractivity contribution in [3.05, 3.63) is 11.3 Å². The van der Waals surface area contributed by atoms with Crippen LogP contribution in [0.5, 0.6) is 0 Å². The fourth-order valence-electron chi connectivity index (χ4n) is 4.04. The van der Waals surface area contributed by atoms with Crippen LogP contribution in [0, 0.1) is 5.41 Å². The van der Waals surface area contributed by atoms with Crippen LogP contribution in [0.3, 0.4) is 0 Å². The quantitative estimate of drug-likeness (QED) is 0.539. The number of rotatable bonds is 0. The minimum atomic E-state index is 0.0190. The van der Waals surface area contributed by atoms with Crippen LogP contribution in [0.15, 0.2) is 11.3 Å². The standard InChI is InChI=1S/C16H23NO2/c18-13-10-16(7-3-1-4-8-16)11-14(19)15(13)12-6-2-5-9-17-12/h17H,1-11H2. The van der Waals surface area contributed by atoms with Gasteiger partial charge in [-0.15, -0.1) is 0 Å². The Morgan fingerprint density at radius 2 is 1.53 bits per heavy atom. The highest BCUT2D eigenvalue weighted by Gasteiger charge is 2.43. The summed E-state index contributed by atoms with van der Waals surface area (Å²) in [6, 6.07) is 0. The first-order chi connectivity index (χ1) is 9.20. The number of Topliss-reactive ketones (excluding diaryl/α,β-unsaturated/α-hetero) is 2. The van der Waals surface area contributed by atoms with Crippen molar-refractivity contribution in [1.29, 1.82) is 0 Å². The van der Waals surface area contributed by atoms with Gasteiger partial charge in [0.25, 0.3) is 0 Å². The van der Waals surface area contributed by atoms with E-state index in [1.807, 2.05) is 0 Å². The molecule has 2 aliphatic carbocycles. The number of ketones is 2. The van der Waals surface area contributed by atoms with E-state index in [0.717, 1.165) is 44.3 Å². The molecule has 0 atom stereocenters. The molecule has 1 saturated heterocycles. The van der Waals surface area contributed by atoms with E-state index in [1.54, 1.807) is 0 Å². The molecule has 1 aliphatic heterocycles. The van der Waals surface area contributed by atoms with Crippen LogP contribution < -0.4 is 5.32 Å². The van der Waals surface area contributed by atoms with E-state index >= 15 is 0 Å². The highest BCUT2D eigenvalue weighted by Crippen LogP contribution is 2.46. The maximum Gasteiger partial charge on any atom is 0.168 e. The topological polar surface area (TPSA) is 46.2 Å². The van der Waals surface area contributed by atoms with Gasteiger partial charge in [-0.05, 0) is 37.5 Å². The first kappa shape index (κ1) is 12.9. The molecule has 3 nitrogen and oxygen atoms in total. The van der Waals surface area contributed by atoms with Crippen LogP contribution >= 0.6 is 0 Å². The lowest BCUT2D eigenvalue weighted by atomic mass is 9.63. The molecule has 3 rings (SSSR count). The van der Waals surface area contributed by atoms with Crippen molar-refractivity contribution >= 4 is 11.6 Å². The van der Waals surface area contributed by atoms with Crippen LogP contribution in [0.4, 0.5) is 0 Å². The molecule has 0 unspecified atom stereocenters. The number of carbonyl (C=O) groups is 2. The Kier molecular flexibility index (Phi) is 3.46. The molecule has 0 bridgehead atoms. The van der Waals surface area contributed by atoms with E-state index in [2.05, 4.69) is 5.32 Å². The number of allylic oxidation sites excluding steroid dienone is 2. The molecule has 0 radical (unpaired) electrons. The van der Waals surface area contributed by atoms with Gasteiger partial charge in [-0.2, -0.15) is 0 Å². The number of piperidine rings is 1. The zero-order valence-electron chi connectivity index (χ0n) is 11.6. The lowest BCUT2D eigenvalue weighted by Gasteiger charge is -2.40. The van der Waals surface area contributed by atoms with E-state index in [4.69, 9.17) is 0 Å². The normalized spacial score (nSPS) is 27.6. The summed E-state index contributed by atoms with van der Waals surface area (Å²) in [5.41, 5.74) is 1.48. The van der Waals surface area contributed by atoms with E-state index in [-0.39, 0.29) is 17.0 Å². The van der Waals surface area contributed by atoms with Gasteiger partial charge in [0, 0.05) is 25.1 Å². The van der Waals surface area contributed by atoms with Crippen molar-refractivity contribution in [2.24, 2.45) is 5.41 Å². The maximum absolute atomic E-state index is 12.5. The van der Waals surface area contributed by atoms with Crippen molar-refractivity contribution in [3.63, 3.8) is 0 Å². The predicted octanol–water partition coefficient (Wildman–Crippen LogP) is 2.90. The number of hydrogen-bond donors (Lipinski definition) is 1. The molecular weight excluding hydrogens is 238 g/mol. The highest BCUT2D eigenvalue weighted by atomic mass is 16.2. The number of carbonyl (C=O) groups excluding carboxylic acids is 2. The van der Waals surface area contributed by atoms with Crippen LogP contribution in [-0.2, 0) is 9.59 Å². The average molecular weight is 261 g/mol. The zero-order chi connectivity index (χ0) is 13.3. The van der Waals surface area contributed by atoms with Gasteiger partial charge < -0.3 is 5.32 Å². The first-order valence-corrected chi connectivity index (χ1v) is 7.74. The predicted molar refractivity (Wildman–Crippen MR) is 73.6 cm³/mol. The molecule has 0 aromatic heterocycles. The molecule has 1 spiro atoms. The Morgan fingerprint density at radius 3 is 2.11 bits per heavy atom. The van der Waals surface area contributed by atoms with Crippen molar-refractivity contribution in [3.8, 4) is 0 Å². The van der Waals surface area contributed by atoms with E-state index < -0.39 is 0 Å². The molecule has 0 aromatic carbocycles. The Bertz CT molecular complexity index is 400. The summed E-state index contributed by atoms with van der Waals surface area (Å²) in [7, 11) is 0. The minimum absolute atomic E-state index is 0.0190. The lowest BCUT2D eigenvalue weighted by Crippen LogP contribution is -2.39. The third-order valence-corrected chi connectivity index (χ3v) is 5.04. The smallest absolute Gasteiger partial charge is 0.168 e. The maximum atomic E-state index is 12.5. The lowest BCUT2D eigenvalue weighted by molar-refractivity contribution is -0.129. The molecule has 1 heterocycles. The largest absolute Gasteiger partial charge is 0.388 e. The highest BCUT2D eigenvalue weighted by molar-refractivity contribution is 6.22. The third kappa shape index (κ3) is 2.47. The van der Waals surface area contributed by atoms with Crippen molar-refractivity contribution in [1.82, 2.24) is 5.32 Å². The van der Waals surface area contributed by atoms with Crippen molar-refractivity contribution < 1.29 is 9.59 Å². The second-order valence-corrected chi connectivity index (χ2v) is 6.50. The summed E-state index contributed by atoms with van der Waals surface area (Å²) in [6.07, 6.45) is 10.1. The van der Waals surface area contributed by atoms with Gasteiger partial charge in [-0.25, -0.2) is 0 Å². The molecule has 19 heavy (non-hydrogen) atoms. The molecular formula is C16H23NO2. The van der Waals surface area contributed by atoms with Crippen LogP contribution in [0.1, 0.15) is 64.2 Å². The summed E-state index contributed by atoms with van der Waals surface area (Å²) in [5, 5.41) is 3.28. The number of nitrogens with one attached hydrogen (secondary N) is 1. The molecule has 0 aromatic rings. The molecule has 1 N–H and O–H groups in total. The van der Waals surface area contributed by atoms with Gasteiger partial charge in [0.15, 0.2) is 11.6 Å². The minimum Gasteiger partial charge on any atom is -0.388 e. The van der Waals surface area contributed by atoms with Gasteiger partial charge in [-0.3, -0.25) is 9.59 Å². The summed E-state index contributed by atoms with van der Waals surface area (Å²) in [6.45, 7) is 0.907. The second kappa shape index (κ2) is 5.10. The molecule has 2 saturated carbocycles. The Hall–Kier alpha value is -1.12. The average Bonchev–Trinajstić information content (AvgIpc) is 2.40. The fraction of sp³-hybridized carbons (Fsp3) is 0.750. The van der Waals surface area contributed by atoms with Gasteiger partial charge in [0.2, 0.25) is 0 Å². The molecule has 0 amide bonds. The van der Waals surface area contributed by atoms with Crippen LogP contribution in [0.2, 0.25) is 0 Å². The molecule has 3 heteroatoms. The van der Waals surface area contributed by atoms with E-state index in [1.165, 1.54) is 19.3 Å². The van der Waals surface area contributed by atoms with Crippen molar-refractivity contribution in [2.45, 2.75) is 64.2 Å². The third-order valence-electron chi connectivity index (χ3n) is 5.04. The summed E-state index contributed by atoms with van der Waals surface area (Å²) < 4.78 is 0. The van der Waals surface area contributed by atoms with Crippen LogP contribution in [0.25, 0.3) is 0 Å². The summed E-state index contributed by atoms with van der Waals surface area (Å²) in [4.78, 5) is 24.9. The second-order valence-electron chi connectivity index (χ2n) is 6.50. The van der Waals surface area contributed by atoms with E-state index in [9.17, 15) is 9.59 Å². The Morgan fingerprint density at radius 1 is 0.842 bits per heavy atom. The molecule has 3 aliphatic rings. The Labute approximate surface area is 114 Å². The van der Waals surface area contributed by atoms with E-state index in [0.29, 0.717) is 18.4 Å². The zero-order valence-corrected chi connectivity index (χ0v) is 11.6. The SMILES string of the molecule is O=C1CC2(CCCCC2)CC(=O)C1=C1CCCCN1. The Balaban J connectivity index is 1.83. The van der Waals surface area contributed by atoms with Gasteiger partial charge in [-0.1, -0.05) is 19.3 Å². The van der Waals surface area contributed by atoms with Gasteiger partial charge in [0.1, 0.15) is 0 Å². The van der Waals surface area contributed by atoms with Gasteiger partial charge >= 0.3 is 0 Å². The fourth-order valence-corrected chi connectivity index (χ4v) is 4.04. The monoisotopic (exact) mass is 261 g/mol. The van der Waals surface area contributed by atoms with Gasteiger partial charge in [0.05, 0.1) is 5.57 Å². The first-order valence-electron chi connectivity index (χ1n) is 7.74. The van der Waals surface area contributed by atoms with Crippen LogP contribution in [-0.4, -0.2) is 18.1 Å². The number of hydrogen-bond acceptors (Lipinski definition) is 3. The summed E-state index contributed by atoms with van der Waals surface area (Å²) in [5.74, 6) is 0.227. The van der Waals surface area contributed by atoms with Crippen molar-refractivity contribution in [2.75, 3.05) is 6.54 Å².